The number of imidazole rings is 2. The molecule has 0 bridgehead atoms. The third kappa shape index (κ3) is 21.0. The summed E-state index contributed by atoms with van der Waals surface area (Å²) in [6.07, 6.45) is 57.2. The number of carbonyl (C=O) groups is 2. The molecule has 0 N–H and O–H groups in total. The molecule has 0 atom stereocenters. The van der Waals surface area contributed by atoms with E-state index in [0.29, 0.717) is 29.9 Å². The molecule has 2 aromatic heterocycles. The first kappa shape index (κ1) is 62.8. The molecular formula is C64H98Br2N6O2. The molecule has 0 saturated carbocycles. The second kappa shape index (κ2) is 36.3. The fraction of sp³-hybridized carbons (Fsp3) is 0.625. The molecule has 0 spiro atoms. The number of hydrogen-bond donors (Lipinski definition) is 0. The Morgan fingerprint density at radius 3 is 1.19 bits per heavy atom. The molecule has 410 valence electrons. The zero-order valence-corrected chi connectivity index (χ0v) is 50.0. The van der Waals surface area contributed by atoms with Gasteiger partial charge >= 0.3 is 0 Å². The van der Waals surface area contributed by atoms with E-state index < -0.39 is 0 Å². The number of benzene rings is 3. The van der Waals surface area contributed by atoms with Gasteiger partial charge in [-0.2, -0.15) is 0 Å². The SMILES string of the molecule is CCCCCCCCCCCCCCCCCCn1cc[n+](Cc2cc(C[n+]3ccn(CCCCCCCCCCCCCCCCCC)c3)cc(N3C(=O)c4cccc5c(N(C)C)ccc(c45)C3=O)c2)c1.[Br-].[Br-]. The Labute approximate surface area is 470 Å². The zero-order chi connectivity index (χ0) is 50.6. The number of imide groups is 1. The summed E-state index contributed by atoms with van der Waals surface area (Å²) in [4.78, 5) is 32.4. The maximum absolute atomic E-state index is 14.5. The fourth-order valence-corrected chi connectivity index (χ4v) is 11.2. The van der Waals surface area contributed by atoms with Crippen LogP contribution in [0.5, 0.6) is 0 Å². The number of carbonyl (C=O) groups excluding carboxylic acids is 2. The highest BCUT2D eigenvalue weighted by molar-refractivity contribution is 6.36. The van der Waals surface area contributed by atoms with Gasteiger partial charge in [-0.15, -0.1) is 0 Å². The van der Waals surface area contributed by atoms with Gasteiger partial charge in [0.15, 0.2) is 0 Å². The number of rotatable bonds is 40. The summed E-state index contributed by atoms with van der Waals surface area (Å²) >= 11 is 0. The predicted molar refractivity (Wildman–Crippen MR) is 302 cm³/mol. The van der Waals surface area contributed by atoms with E-state index in [4.69, 9.17) is 0 Å². The van der Waals surface area contributed by atoms with E-state index in [1.807, 2.05) is 61.5 Å². The van der Waals surface area contributed by atoms with Crippen molar-refractivity contribution >= 4 is 34.0 Å². The van der Waals surface area contributed by atoms with E-state index in [1.54, 1.807) is 0 Å². The van der Waals surface area contributed by atoms with Crippen molar-refractivity contribution in [2.24, 2.45) is 0 Å². The molecule has 0 radical (unpaired) electrons. The molecule has 0 fully saturated rings. The molecule has 74 heavy (non-hydrogen) atoms. The van der Waals surface area contributed by atoms with Crippen molar-refractivity contribution < 1.29 is 52.7 Å². The number of nitrogens with zero attached hydrogens (tertiary/aromatic N) is 6. The van der Waals surface area contributed by atoms with E-state index in [-0.39, 0.29) is 45.8 Å². The number of anilines is 2. The van der Waals surface area contributed by atoms with Crippen LogP contribution in [0.1, 0.15) is 251 Å². The summed E-state index contributed by atoms with van der Waals surface area (Å²) in [5.41, 5.74) is 4.88. The number of aryl methyl sites for hydroxylation is 2. The molecule has 8 nitrogen and oxygen atoms in total. The van der Waals surface area contributed by atoms with Crippen LogP contribution >= 0.6 is 0 Å². The van der Waals surface area contributed by atoms with E-state index in [9.17, 15) is 9.59 Å². The quantitative estimate of drug-likeness (QED) is 0.0223. The van der Waals surface area contributed by atoms with Gasteiger partial charge in [0, 0.05) is 41.7 Å². The molecule has 6 rings (SSSR count). The molecule has 1 aliphatic rings. The minimum Gasteiger partial charge on any atom is -1.00 e. The number of aromatic nitrogens is 4. The highest BCUT2D eigenvalue weighted by atomic mass is 79.9. The Morgan fingerprint density at radius 2 is 0.811 bits per heavy atom. The van der Waals surface area contributed by atoms with Crippen LogP contribution in [0, 0.1) is 0 Å². The van der Waals surface area contributed by atoms with Gasteiger partial charge in [-0.3, -0.25) is 9.59 Å². The summed E-state index contributed by atoms with van der Waals surface area (Å²) in [7, 11) is 3.99. The monoisotopic (exact) mass is 1140 g/mol. The Bertz CT molecular complexity index is 2220. The third-order valence-corrected chi connectivity index (χ3v) is 15.4. The lowest BCUT2D eigenvalue weighted by Crippen LogP contribution is -3.00. The van der Waals surface area contributed by atoms with E-state index >= 15 is 0 Å². The van der Waals surface area contributed by atoms with Gasteiger partial charge in [0.1, 0.15) is 37.9 Å². The van der Waals surface area contributed by atoms with Gasteiger partial charge in [-0.1, -0.05) is 206 Å². The molecule has 0 unspecified atom stereocenters. The first-order chi connectivity index (χ1) is 35.4. The summed E-state index contributed by atoms with van der Waals surface area (Å²) in [5.74, 6) is -0.542. The van der Waals surface area contributed by atoms with E-state index in [0.717, 1.165) is 40.7 Å². The van der Waals surface area contributed by atoms with Crippen LogP contribution in [0.4, 0.5) is 11.4 Å². The smallest absolute Gasteiger partial charge is 0.265 e. The van der Waals surface area contributed by atoms with Crippen LogP contribution in [0.2, 0.25) is 0 Å². The molecule has 0 saturated heterocycles. The number of hydrogen-bond acceptors (Lipinski definition) is 3. The minimum absolute atomic E-state index is 0. The van der Waals surface area contributed by atoms with Crippen molar-refractivity contribution in [2.75, 3.05) is 23.9 Å². The van der Waals surface area contributed by atoms with Crippen molar-refractivity contribution in [3.05, 3.63) is 108 Å². The third-order valence-electron chi connectivity index (χ3n) is 15.4. The van der Waals surface area contributed by atoms with Crippen molar-refractivity contribution in [3.63, 3.8) is 0 Å². The molecular weight excluding hydrogens is 1040 g/mol. The average molecular weight is 1140 g/mol. The van der Waals surface area contributed by atoms with Crippen LogP contribution in [-0.4, -0.2) is 35.0 Å². The molecule has 1 aliphatic heterocycles. The summed E-state index contributed by atoms with van der Waals surface area (Å²) in [6.45, 7) is 7.91. The van der Waals surface area contributed by atoms with Crippen LogP contribution in [-0.2, 0) is 26.2 Å². The molecule has 10 heteroatoms. The first-order valence-corrected chi connectivity index (χ1v) is 29.7. The largest absolute Gasteiger partial charge is 1.00 e. The van der Waals surface area contributed by atoms with Crippen molar-refractivity contribution in [1.82, 2.24) is 9.13 Å². The summed E-state index contributed by atoms with van der Waals surface area (Å²) < 4.78 is 9.08. The lowest BCUT2D eigenvalue weighted by atomic mass is 9.92. The Kier molecular flexibility index (Phi) is 30.8. The number of unbranched alkanes of at least 4 members (excludes halogenated alkanes) is 30. The van der Waals surface area contributed by atoms with Crippen molar-refractivity contribution in [1.29, 1.82) is 0 Å². The van der Waals surface area contributed by atoms with Crippen LogP contribution in [0.15, 0.2) is 86.0 Å². The highest BCUT2D eigenvalue weighted by Gasteiger charge is 2.35. The minimum atomic E-state index is -0.271. The lowest BCUT2D eigenvalue weighted by Gasteiger charge is -2.29. The second-order valence-electron chi connectivity index (χ2n) is 22.0. The Hall–Kier alpha value is -3.76. The van der Waals surface area contributed by atoms with Gasteiger partial charge in [0.25, 0.3) is 11.8 Å². The highest BCUT2D eigenvalue weighted by Crippen LogP contribution is 2.37. The maximum Gasteiger partial charge on any atom is 0.265 e. The standard InChI is InChI=1S/C64H98N6O2.2BrH/c1-5-7-9-11-13-15-17-19-21-23-25-27-29-31-33-35-42-66-44-46-68(53-66)51-55-48-56(50-57(49-55)70-63(71)59-39-37-38-58-61(65(3)4)41-40-60(62(58)59)64(70)72)52-69-47-45-67(54-69)43-36-34-32-30-28-26-24-22-20-18-16-14-12-10-8-6-2;;/h37-41,44-50,53-54H,5-36,42-43,51-52H2,1-4H3;2*1H/q+2;;/p-2. The number of amides is 2. The Balaban J connectivity index is 0.00000593. The van der Waals surface area contributed by atoms with Gasteiger partial charge in [-0.05, 0) is 73.2 Å². The van der Waals surface area contributed by atoms with Crippen LogP contribution in [0.25, 0.3) is 10.8 Å². The molecule has 0 aliphatic carbocycles. The zero-order valence-electron chi connectivity index (χ0n) is 46.8. The van der Waals surface area contributed by atoms with Gasteiger partial charge in [0.05, 0.1) is 18.8 Å². The van der Waals surface area contributed by atoms with E-state index in [1.165, 1.54) is 210 Å². The summed E-state index contributed by atoms with van der Waals surface area (Å²) in [5, 5.41) is 1.67. The van der Waals surface area contributed by atoms with Gasteiger partial charge in [0.2, 0.25) is 12.7 Å². The van der Waals surface area contributed by atoms with Crippen LogP contribution < -0.4 is 52.9 Å². The predicted octanol–water partition coefficient (Wildman–Crippen LogP) is 10.5. The van der Waals surface area contributed by atoms with Crippen molar-refractivity contribution in [3.8, 4) is 0 Å². The molecule has 5 aromatic rings. The fourth-order valence-electron chi connectivity index (χ4n) is 11.2. The average Bonchev–Trinajstić information content (AvgIpc) is 4.03. The Morgan fingerprint density at radius 1 is 0.446 bits per heavy atom. The normalized spacial score (nSPS) is 12.2. The molecule has 3 heterocycles. The first-order valence-electron chi connectivity index (χ1n) is 29.7. The second-order valence-corrected chi connectivity index (χ2v) is 22.0. The molecule has 3 aromatic carbocycles. The van der Waals surface area contributed by atoms with Gasteiger partial charge in [-0.25, -0.2) is 23.2 Å². The maximum atomic E-state index is 14.5. The van der Waals surface area contributed by atoms with Crippen LogP contribution in [0.3, 0.4) is 0 Å². The van der Waals surface area contributed by atoms with Gasteiger partial charge < -0.3 is 38.9 Å². The van der Waals surface area contributed by atoms with E-state index in [2.05, 4.69) is 75.6 Å². The summed E-state index contributed by atoms with van der Waals surface area (Å²) in [6, 6.07) is 16.1. The molecule has 2 amide bonds. The topological polar surface area (TPSA) is 58.2 Å². The van der Waals surface area contributed by atoms with Crippen molar-refractivity contribution in [2.45, 2.75) is 245 Å². The lowest BCUT2D eigenvalue weighted by molar-refractivity contribution is -0.688. The number of halogens is 2.